The minimum atomic E-state index is -0.221. The largest absolute Gasteiger partial charge is 0.317 e. The van der Waals surface area contributed by atoms with Gasteiger partial charge in [0.15, 0.2) is 0 Å². The summed E-state index contributed by atoms with van der Waals surface area (Å²) in [6.45, 7) is 1.67. The molecule has 0 aliphatic carbocycles. The number of hydrogen-bond acceptors (Lipinski definition) is 2. The fourth-order valence-corrected chi connectivity index (χ4v) is 1.59. The molecule has 0 unspecified atom stereocenters. The van der Waals surface area contributed by atoms with Gasteiger partial charge >= 0.3 is 0 Å². The fourth-order valence-electron chi connectivity index (χ4n) is 1.59. The molecule has 1 heterocycles. The summed E-state index contributed by atoms with van der Waals surface area (Å²) in [5, 5.41) is 3.24. The summed E-state index contributed by atoms with van der Waals surface area (Å²) in [7, 11) is 3.93. The summed E-state index contributed by atoms with van der Waals surface area (Å²) in [5.41, 5.74) is -0.175. The zero-order chi connectivity index (χ0) is 8.32. The van der Waals surface area contributed by atoms with Crippen molar-refractivity contribution in [3.05, 3.63) is 0 Å². The van der Waals surface area contributed by atoms with E-state index < -0.39 is 0 Å². The summed E-state index contributed by atoms with van der Waals surface area (Å²) < 4.78 is 12.7. The van der Waals surface area contributed by atoms with Crippen molar-refractivity contribution in [2.45, 2.75) is 18.4 Å². The lowest BCUT2D eigenvalue weighted by Crippen LogP contribution is -2.53. The molecular formula is C8H17FN2. The molecule has 3 heteroatoms. The van der Waals surface area contributed by atoms with Crippen LogP contribution in [0.15, 0.2) is 0 Å². The number of nitrogens with one attached hydrogen (secondary N) is 1. The van der Waals surface area contributed by atoms with E-state index >= 15 is 0 Å². The van der Waals surface area contributed by atoms with Gasteiger partial charge in [-0.2, -0.15) is 0 Å². The normalized spacial score (nSPS) is 24.0. The Labute approximate surface area is 67.8 Å². The third-order valence-corrected chi connectivity index (χ3v) is 2.73. The van der Waals surface area contributed by atoms with Crippen LogP contribution in [0.4, 0.5) is 4.39 Å². The van der Waals surface area contributed by atoms with Gasteiger partial charge in [0.05, 0.1) is 5.54 Å². The molecule has 1 aliphatic rings. The van der Waals surface area contributed by atoms with Crippen LogP contribution < -0.4 is 5.32 Å². The van der Waals surface area contributed by atoms with Crippen molar-refractivity contribution >= 4 is 0 Å². The average Bonchev–Trinajstić information content (AvgIpc) is 2.05. The molecule has 1 fully saturated rings. The number of rotatable bonds is 2. The van der Waals surface area contributed by atoms with Crippen LogP contribution in [-0.2, 0) is 0 Å². The average molecular weight is 160 g/mol. The SMILES string of the molecule is CN(C)C1(CF)CCNCC1. The number of piperidine rings is 1. The van der Waals surface area contributed by atoms with Gasteiger partial charge in [-0.15, -0.1) is 0 Å². The first-order valence-corrected chi connectivity index (χ1v) is 4.15. The monoisotopic (exact) mass is 160 g/mol. The first-order valence-electron chi connectivity index (χ1n) is 4.15. The van der Waals surface area contributed by atoms with Crippen molar-refractivity contribution in [3.63, 3.8) is 0 Å². The summed E-state index contributed by atoms with van der Waals surface area (Å²) in [6, 6.07) is 0. The zero-order valence-corrected chi connectivity index (χ0v) is 7.36. The van der Waals surface area contributed by atoms with E-state index in [2.05, 4.69) is 5.32 Å². The Kier molecular flexibility index (Phi) is 2.84. The minimum absolute atomic E-state index is 0.175. The molecule has 2 nitrogen and oxygen atoms in total. The van der Waals surface area contributed by atoms with Crippen LogP contribution in [0, 0.1) is 0 Å². The van der Waals surface area contributed by atoms with Crippen molar-refractivity contribution < 1.29 is 4.39 Å². The lowest BCUT2D eigenvalue weighted by Gasteiger charge is -2.40. The standard InChI is InChI=1S/C8H17FN2/c1-11(2)8(7-9)3-5-10-6-4-8/h10H,3-7H2,1-2H3. The predicted molar refractivity (Wildman–Crippen MR) is 44.5 cm³/mol. The van der Waals surface area contributed by atoms with Gasteiger partial charge in [0.1, 0.15) is 6.67 Å². The Morgan fingerprint density at radius 3 is 2.18 bits per heavy atom. The quantitative estimate of drug-likeness (QED) is 0.637. The summed E-state index contributed by atoms with van der Waals surface area (Å²) in [4.78, 5) is 2.02. The van der Waals surface area contributed by atoms with Gasteiger partial charge in [-0.1, -0.05) is 0 Å². The van der Waals surface area contributed by atoms with E-state index in [4.69, 9.17) is 0 Å². The van der Waals surface area contributed by atoms with Crippen molar-refractivity contribution in [2.24, 2.45) is 0 Å². The molecule has 1 saturated heterocycles. The first kappa shape index (κ1) is 8.94. The molecule has 0 atom stereocenters. The molecule has 0 saturated carbocycles. The van der Waals surface area contributed by atoms with Crippen LogP contribution in [-0.4, -0.2) is 44.3 Å². The highest BCUT2D eigenvalue weighted by Gasteiger charge is 2.33. The number of hydrogen-bond donors (Lipinski definition) is 1. The van der Waals surface area contributed by atoms with Gasteiger partial charge in [-0.3, -0.25) is 0 Å². The Bertz CT molecular complexity index is 119. The second-order valence-corrected chi connectivity index (χ2v) is 3.50. The zero-order valence-electron chi connectivity index (χ0n) is 7.36. The molecule has 0 bridgehead atoms. The van der Waals surface area contributed by atoms with E-state index in [1.165, 1.54) is 0 Å². The summed E-state index contributed by atoms with van der Waals surface area (Å²) >= 11 is 0. The highest BCUT2D eigenvalue weighted by atomic mass is 19.1. The molecule has 0 spiro atoms. The van der Waals surface area contributed by atoms with E-state index in [0.717, 1.165) is 25.9 Å². The summed E-state index contributed by atoms with van der Waals surface area (Å²) in [6.07, 6.45) is 1.85. The van der Waals surface area contributed by atoms with Gasteiger partial charge in [-0.25, -0.2) is 4.39 Å². The van der Waals surface area contributed by atoms with Crippen molar-refractivity contribution in [2.75, 3.05) is 33.9 Å². The highest BCUT2D eigenvalue weighted by molar-refractivity contribution is 4.91. The lowest BCUT2D eigenvalue weighted by molar-refractivity contribution is 0.0778. The van der Waals surface area contributed by atoms with Crippen molar-refractivity contribution in [1.29, 1.82) is 0 Å². The molecule has 11 heavy (non-hydrogen) atoms. The number of nitrogens with zero attached hydrogens (tertiary/aromatic N) is 1. The van der Waals surface area contributed by atoms with Crippen LogP contribution in [0.1, 0.15) is 12.8 Å². The van der Waals surface area contributed by atoms with Crippen LogP contribution in [0.2, 0.25) is 0 Å². The molecule has 1 N–H and O–H groups in total. The minimum Gasteiger partial charge on any atom is -0.317 e. The third-order valence-electron chi connectivity index (χ3n) is 2.73. The first-order chi connectivity index (χ1) is 5.21. The molecule has 1 aliphatic heterocycles. The molecule has 1 rings (SSSR count). The number of halogens is 1. The second kappa shape index (κ2) is 3.50. The van der Waals surface area contributed by atoms with Crippen LogP contribution in [0.25, 0.3) is 0 Å². The fraction of sp³-hybridized carbons (Fsp3) is 1.00. The Hall–Kier alpha value is -0.150. The van der Waals surface area contributed by atoms with Gasteiger partial charge in [0.2, 0.25) is 0 Å². The van der Waals surface area contributed by atoms with E-state index in [1.807, 2.05) is 19.0 Å². The smallest absolute Gasteiger partial charge is 0.108 e. The van der Waals surface area contributed by atoms with Crippen molar-refractivity contribution in [1.82, 2.24) is 10.2 Å². The predicted octanol–water partition coefficient (Wildman–Crippen LogP) is 0.640. The van der Waals surface area contributed by atoms with Gasteiger partial charge in [-0.05, 0) is 40.0 Å². The van der Waals surface area contributed by atoms with Gasteiger partial charge in [0.25, 0.3) is 0 Å². The molecule has 0 aromatic carbocycles. The van der Waals surface area contributed by atoms with Crippen LogP contribution in [0.3, 0.4) is 0 Å². The maximum Gasteiger partial charge on any atom is 0.108 e. The van der Waals surface area contributed by atoms with E-state index in [1.54, 1.807) is 0 Å². The Morgan fingerprint density at radius 1 is 1.36 bits per heavy atom. The Balaban J connectivity index is 2.57. The molecule has 0 amide bonds. The molecular weight excluding hydrogens is 143 g/mol. The van der Waals surface area contributed by atoms with Crippen molar-refractivity contribution in [3.8, 4) is 0 Å². The molecule has 0 aromatic rings. The Morgan fingerprint density at radius 2 is 1.91 bits per heavy atom. The lowest BCUT2D eigenvalue weighted by atomic mass is 9.89. The maximum atomic E-state index is 12.7. The number of alkyl halides is 1. The molecule has 0 aromatic heterocycles. The highest BCUT2D eigenvalue weighted by Crippen LogP contribution is 2.23. The third kappa shape index (κ3) is 1.71. The van der Waals surface area contributed by atoms with E-state index in [0.29, 0.717) is 0 Å². The van der Waals surface area contributed by atoms with Gasteiger partial charge < -0.3 is 10.2 Å². The van der Waals surface area contributed by atoms with Crippen LogP contribution in [0.5, 0.6) is 0 Å². The maximum absolute atomic E-state index is 12.7. The van der Waals surface area contributed by atoms with E-state index in [-0.39, 0.29) is 12.2 Å². The second-order valence-electron chi connectivity index (χ2n) is 3.50. The van der Waals surface area contributed by atoms with Crippen LogP contribution >= 0.6 is 0 Å². The van der Waals surface area contributed by atoms with Gasteiger partial charge in [0, 0.05) is 0 Å². The summed E-state index contributed by atoms with van der Waals surface area (Å²) in [5.74, 6) is 0. The molecule has 0 radical (unpaired) electrons. The topological polar surface area (TPSA) is 15.3 Å². The van der Waals surface area contributed by atoms with E-state index in [9.17, 15) is 4.39 Å². The molecule has 66 valence electrons.